The summed E-state index contributed by atoms with van der Waals surface area (Å²) < 4.78 is 10.7. The zero-order chi connectivity index (χ0) is 14.4. The minimum atomic E-state index is -0.935. The minimum absolute atomic E-state index is 0.257. The maximum Gasteiger partial charge on any atom is 0.335 e. The average Bonchev–Trinajstić information content (AvgIpc) is 2.48. The second-order valence-corrected chi connectivity index (χ2v) is 4.28. The fourth-order valence-electron chi connectivity index (χ4n) is 1.77. The lowest BCUT2D eigenvalue weighted by atomic mass is 10.1. The third-order valence-corrected chi connectivity index (χ3v) is 2.92. The van der Waals surface area contributed by atoms with E-state index in [-0.39, 0.29) is 5.56 Å². The van der Waals surface area contributed by atoms with Gasteiger partial charge in [-0.25, -0.2) is 4.79 Å². The van der Waals surface area contributed by atoms with Gasteiger partial charge in [-0.1, -0.05) is 12.1 Å². The van der Waals surface area contributed by atoms with Crippen LogP contribution in [0.4, 0.5) is 0 Å². The SMILES string of the molecule is COc1ccc(CCOc2ccc(C(=O)O)cc2)cc1. The van der Waals surface area contributed by atoms with E-state index >= 15 is 0 Å². The van der Waals surface area contributed by atoms with Gasteiger partial charge in [-0.15, -0.1) is 0 Å². The summed E-state index contributed by atoms with van der Waals surface area (Å²) in [7, 11) is 1.64. The molecule has 0 fully saturated rings. The summed E-state index contributed by atoms with van der Waals surface area (Å²) in [4.78, 5) is 10.7. The molecule has 104 valence electrons. The number of carbonyl (C=O) groups is 1. The number of carboxylic acids is 1. The van der Waals surface area contributed by atoms with Gasteiger partial charge in [0.25, 0.3) is 0 Å². The molecule has 4 heteroatoms. The molecule has 0 aliphatic carbocycles. The predicted molar refractivity (Wildman–Crippen MR) is 75.6 cm³/mol. The first-order valence-electron chi connectivity index (χ1n) is 6.28. The summed E-state index contributed by atoms with van der Waals surface area (Å²) in [6.07, 6.45) is 0.782. The van der Waals surface area contributed by atoms with Crippen LogP contribution in [0.25, 0.3) is 0 Å². The standard InChI is InChI=1S/C16H16O4/c1-19-14-6-2-12(3-7-14)10-11-20-15-8-4-13(5-9-15)16(17)18/h2-9H,10-11H2,1H3,(H,17,18). The Balaban J connectivity index is 1.84. The second-order valence-electron chi connectivity index (χ2n) is 4.28. The normalized spacial score (nSPS) is 10.1. The molecule has 20 heavy (non-hydrogen) atoms. The first-order chi connectivity index (χ1) is 9.69. The first-order valence-corrected chi connectivity index (χ1v) is 6.28. The van der Waals surface area contributed by atoms with E-state index in [2.05, 4.69) is 0 Å². The van der Waals surface area contributed by atoms with E-state index in [9.17, 15) is 4.79 Å². The minimum Gasteiger partial charge on any atom is -0.497 e. The Morgan fingerprint density at radius 3 is 2.15 bits per heavy atom. The van der Waals surface area contributed by atoms with Crippen LogP contribution in [-0.2, 0) is 6.42 Å². The highest BCUT2D eigenvalue weighted by Gasteiger charge is 2.02. The lowest BCUT2D eigenvalue weighted by Crippen LogP contribution is -2.02. The molecule has 0 bridgehead atoms. The van der Waals surface area contributed by atoms with Crippen molar-refractivity contribution in [3.05, 3.63) is 59.7 Å². The Kier molecular flexibility index (Phi) is 4.60. The van der Waals surface area contributed by atoms with E-state index in [1.165, 1.54) is 12.1 Å². The van der Waals surface area contributed by atoms with E-state index in [0.29, 0.717) is 12.4 Å². The van der Waals surface area contributed by atoms with Crippen LogP contribution in [0.5, 0.6) is 11.5 Å². The van der Waals surface area contributed by atoms with E-state index in [0.717, 1.165) is 17.7 Å². The van der Waals surface area contributed by atoms with Crippen molar-refractivity contribution in [1.82, 2.24) is 0 Å². The molecule has 2 aromatic rings. The molecule has 0 radical (unpaired) electrons. The summed E-state index contributed by atoms with van der Waals surface area (Å²) in [6, 6.07) is 14.2. The number of ether oxygens (including phenoxy) is 2. The zero-order valence-corrected chi connectivity index (χ0v) is 11.2. The summed E-state index contributed by atoms with van der Waals surface area (Å²) in [5.74, 6) is 0.567. The summed E-state index contributed by atoms with van der Waals surface area (Å²) in [5.41, 5.74) is 1.42. The number of methoxy groups -OCH3 is 1. The Hall–Kier alpha value is -2.49. The molecule has 0 aliphatic rings. The number of hydrogen-bond donors (Lipinski definition) is 1. The highest BCUT2D eigenvalue weighted by atomic mass is 16.5. The first kappa shape index (κ1) is 13.9. The Bertz CT molecular complexity index is 558. The molecular weight excluding hydrogens is 256 g/mol. The van der Waals surface area contributed by atoms with E-state index < -0.39 is 5.97 Å². The number of aromatic carboxylic acids is 1. The van der Waals surface area contributed by atoms with E-state index in [4.69, 9.17) is 14.6 Å². The molecule has 0 spiro atoms. The van der Waals surface area contributed by atoms with Crippen LogP contribution in [-0.4, -0.2) is 24.8 Å². The van der Waals surface area contributed by atoms with Crippen molar-refractivity contribution >= 4 is 5.97 Å². The molecule has 0 heterocycles. The highest BCUT2D eigenvalue weighted by molar-refractivity contribution is 5.87. The third kappa shape index (κ3) is 3.75. The predicted octanol–water partition coefficient (Wildman–Crippen LogP) is 3.01. The molecule has 0 amide bonds. The highest BCUT2D eigenvalue weighted by Crippen LogP contribution is 2.14. The largest absolute Gasteiger partial charge is 0.497 e. The van der Waals surface area contributed by atoms with Crippen molar-refractivity contribution < 1.29 is 19.4 Å². The molecule has 0 aliphatic heterocycles. The van der Waals surface area contributed by atoms with Crippen LogP contribution in [0.3, 0.4) is 0 Å². The molecule has 2 aromatic carbocycles. The third-order valence-electron chi connectivity index (χ3n) is 2.92. The average molecular weight is 272 g/mol. The maximum atomic E-state index is 10.7. The van der Waals surface area contributed by atoms with Crippen LogP contribution in [0.1, 0.15) is 15.9 Å². The maximum absolute atomic E-state index is 10.7. The molecule has 4 nitrogen and oxygen atoms in total. The van der Waals surface area contributed by atoms with Crippen molar-refractivity contribution in [2.24, 2.45) is 0 Å². The summed E-state index contributed by atoms with van der Waals surface area (Å²) in [5, 5.41) is 8.79. The Labute approximate surface area is 117 Å². The molecule has 0 atom stereocenters. The molecular formula is C16H16O4. The molecule has 0 saturated carbocycles. The number of hydrogen-bond acceptors (Lipinski definition) is 3. The lowest BCUT2D eigenvalue weighted by molar-refractivity contribution is 0.0697. The number of benzene rings is 2. The van der Waals surface area contributed by atoms with Gasteiger partial charge in [0.05, 0.1) is 19.3 Å². The molecule has 0 saturated heterocycles. The van der Waals surface area contributed by atoms with Crippen molar-refractivity contribution in [2.45, 2.75) is 6.42 Å². The smallest absolute Gasteiger partial charge is 0.335 e. The van der Waals surface area contributed by atoms with Gasteiger partial charge in [0.15, 0.2) is 0 Å². The molecule has 0 unspecified atom stereocenters. The van der Waals surface area contributed by atoms with Gasteiger partial charge in [-0.3, -0.25) is 0 Å². The quantitative estimate of drug-likeness (QED) is 0.878. The molecule has 2 rings (SSSR count). The van der Waals surface area contributed by atoms with Crippen molar-refractivity contribution in [1.29, 1.82) is 0 Å². The summed E-state index contributed by atoms with van der Waals surface area (Å²) >= 11 is 0. The topological polar surface area (TPSA) is 55.8 Å². The van der Waals surface area contributed by atoms with Crippen molar-refractivity contribution in [2.75, 3.05) is 13.7 Å². The fourth-order valence-corrected chi connectivity index (χ4v) is 1.77. The second kappa shape index (κ2) is 6.61. The van der Waals surface area contributed by atoms with E-state index in [1.54, 1.807) is 19.2 Å². The van der Waals surface area contributed by atoms with Crippen LogP contribution in [0, 0.1) is 0 Å². The van der Waals surface area contributed by atoms with Gasteiger partial charge in [-0.2, -0.15) is 0 Å². The molecule has 0 aromatic heterocycles. The monoisotopic (exact) mass is 272 g/mol. The molecule has 1 N–H and O–H groups in total. The van der Waals surface area contributed by atoms with Crippen LogP contribution < -0.4 is 9.47 Å². The lowest BCUT2D eigenvalue weighted by Gasteiger charge is -2.07. The number of rotatable bonds is 6. The van der Waals surface area contributed by atoms with Gasteiger partial charge in [-0.05, 0) is 42.0 Å². The zero-order valence-electron chi connectivity index (χ0n) is 11.2. The van der Waals surface area contributed by atoms with Gasteiger partial charge < -0.3 is 14.6 Å². The Morgan fingerprint density at radius 1 is 1.00 bits per heavy atom. The summed E-state index contributed by atoms with van der Waals surface area (Å²) in [6.45, 7) is 0.540. The van der Waals surface area contributed by atoms with Crippen LogP contribution in [0.15, 0.2) is 48.5 Å². The van der Waals surface area contributed by atoms with Gasteiger partial charge in [0, 0.05) is 6.42 Å². The van der Waals surface area contributed by atoms with E-state index in [1.807, 2.05) is 24.3 Å². The number of carboxylic acid groups (broad SMARTS) is 1. The van der Waals surface area contributed by atoms with Crippen LogP contribution in [0.2, 0.25) is 0 Å². The van der Waals surface area contributed by atoms with Gasteiger partial charge in [0.2, 0.25) is 0 Å². The van der Waals surface area contributed by atoms with Gasteiger partial charge in [0.1, 0.15) is 11.5 Å². The Morgan fingerprint density at radius 2 is 1.60 bits per heavy atom. The van der Waals surface area contributed by atoms with Crippen molar-refractivity contribution in [3.8, 4) is 11.5 Å². The van der Waals surface area contributed by atoms with Crippen molar-refractivity contribution in [3.63, 3.8) is 0 Å². The van der Waals surface area contributed by atoms with Gasteiger partial charge >= 0.3 is 5.97 Å². The fraction of sp³-hybridized carbons (Fsp3) is 0.188. The van der Waals surface area contributed by atoms with Crippen LogP contribution >= 0.6 is 0 Å².